The van der Waals surface area contributed by atoms with Crippen LogP contribution in [0.1, 0.15) is 44.9 Å². The quantitative estimate of drug-likeness (QED) is 0.489. The number of para-hydroxylation sites is 2. The molecule has 1 saturated carbocycles. The number of nitrogens with zero attached hydrogens (tertiary/aromatic N) is 1. The molecular formula is C17H28N2O. The van der Waals surface area contributed by atoms with Gasteiger partial charge in [0.15, 0.2) is 0 Å². The van der Waals surface area contributed by atoms with E-state index in [-0.39, 0.29) is 0 Å². The molecule has 3 heteroatoms. The van der Waals surface area contributed by atoms with Crippen LogP contribution < -0.4 is 10.5 Å². The molecule has 1 aromatic carbocycles. The van der Waals surface area contributed by atoms with Crippen molar-refractivity contribution < 1.29 is 4.74 Å². The fourth-order valence-electron chi connectivity index (χ4n) is 2.99. The summed E-state index contributed by atoms with van der Waals surface area (Å²) in [7, 11) is 2.26. The SMILES string of the molecule is CN(CCCOc1ccccc1N)C1CCCCCC1. The summed E-state index contributed by atoms with van der Waals surface area (Å²) in [5.41, 5.74) is 6.59. The van der Waals surface area contributed by atoms with E-state index in [4.69, 9.17) is 10.5 Å². The molecule has 0 saturated heterocycles. The van der Waals surface area contributed by atoms with Crippen molar-refractivity contribution in [2.75, 3.05) is 25.9 Å². The maximum Gasteiger partial charge on any atom is 0.142 e. The first-order valence-electron chi connectivity index (χ1n) is 7.95. The number of rotatable bonds is 6. The fourth-order valence-corrected chi connectivity index (χ4v) is 2.99. The van der Waals surface area contributed by atoms with Crippen molar-refractivity contribution in [2.24, 2.45) is 0 Å². The second-order valence-corrected chi connectivity index (χ2v) is 5.87. The average molecular weight is 276 g/mol. The van der Waals surface area contributed by atoms with Crippen molar-refractivity contribution in [2.45, 2.75) is 51.0 Å². The first-order chi connectivity index (χ1) is 9.77. The molecule has 0 spiro atoms. The van der Waals surface area contributed by atoms with Crippen LogP contribution in [0.5, 0.6) is 5.75 Å². The van der Waals surface area contributed by atoms with Gasteiger partial charge in [-0.2, -0.15) is 0 Å². The largest absolute Gasteiger partial charge is 0.491 e. The van der Waals surface area contributed by atoms with E-state index in [1.807, 2.05) is 24.3 Å². The lowest BCUT2D eigenvalue weighted by molar-refractivity contribution is 0.199. The minimum absolute atomic E-state index is 0.727. The van der Waals surface area contributed by atoms with Gasteiger partial charge in [-0.1, -0.05) is 37.8 Å². The molecule has 0 amide bonds. The van der Waals surface area contributed by atoms with Crippen LogP contribution in [-0.2, 0) is 0 Å². The molecule has 1 aromatic rings. The maximum absolute atomic E-state index is 5.86. The van der Waals surface area contributed by atoms with E-state index in [1.54, 1.807) is 0 Å². The summed E-state index contributed by atoms with van der Waals surface area (Å²) in [6.45, 7) is 1.85. The Morgan fingerprint density at radius 3 is 2.55 bits per heavy atom. The zero-order valence-corrected chi connectivity index (χ0v) is 12.7. The molecule has 0 unspecified atom stereocenters. The molecule has 0 heterocycles. The lowest BCUT2D eigenvalue weighted by Gasteiger charge is -2.27. The van der Waals surface area contributed by atoms with Crippen LogP contribution in [0.15, 0.2) is 24.3 Å². The van der Waals surface area contributed by atoms with Gasteiger partial charge >= 0.3 is 0 Å². The molecule has 1 fully saturated rings. The van der Waals surface area contributed by atoms with Gasteiger partial charge in [-0.3, -0.25) is 0 Å². The third kappa shape index (κ3) is 4.71. The van der Waals surface area contributed by atoms with E-state index in [9.17, 15) is 0 Å². The number of hydrogen-bond donors (Lipinski definition) is 1. The Morgan fingerprint density at radius 2 is 1.85 bits per heavy atom. The molecule has 3 nitrogen and oxygen atoms in total. The summed E-state index contributed by atoms with van der Waals surface area (Å²) in [5, 5.41) is 0. The van der Waals surface area contributed by atoms with Crippen LogP contribution in [-0.4, -0.2) is 31.1 Å². The highest BCUT2D eigenvalue weighted by Gasteiger charge is 2.16. The Morgan fingerprint density at radius 1 is 1.15 bits per heavy atom. The van der Waals surface area contributed by atoms with Crippen LogP contribution in [0.25, 0.3) is 0 Å². The van der Waals surface area contributed by atoms with E-state index in [2.05, 4.69) is 11.9 Å². The number of benzene rings is 1. The van der Waals surface area contributed by atoms with Gasteiger partial charge in [0.2, 0.25) is 0 Å². The average Bonchev–Trinajstić information content (AvgIpc) is 2.74. The van der Waals surface area contributed by atoms with Crippen molar-refractivity contribution in [1.82, 2.24) is 4.90 Å². The van der Waals surface area contributed by atoms with E-state index >= 15 is 0 Å². The van der Waals surface area contributed by atoms with Gasteiger partial charge in [0.1, 0.15) is 5.75 Å². The van der Waals surface area contributed by atoms with E-state index in [0.717, 1.165) is 37.1 Å². The highest BCUT2D eigenvalue weighted by atomic mass is 16.5. The molecule has 0 bridgehead atoms. The molecule has 2 rings (SSSR count). The van der Waals surface area contributed by atoms with Crippen LogP contribution in [0.3, 0.4) is 0 Å². The zero-order chi connectivity index (χ0) is 14.2. The standard InChI is InChI=1S/C17H28N2O/c1-19(15-9-4-2-3-5-10-15)13-8-14-20-17-12-7-6-11-16(17)18/h6-7,11-12,15H,2-5,8-10,13-14,18H2,1H3. The number of nitrogen functional groups attached to an aromatic ring is 1. The van der Waals surface area contributed by atoms with E-state index < -0.39 is 0 Å². The first-order valence-corrected chi connectivity index (χ1v) is 7.95. The maximum atomic E-state index is 5.86. The molecule has 2 N–H and O–H groups in total. The van der Waals surface area contributed by atoms with Gasteiger partial charge in [0.05, 0.1) is 12.3 Å². The van der Waals surface area contributed by atoms with Crippen LogP contribution in [0.4, 0.5) is 5.69 Å². The van der Waals surface area contributed by atoms with Crippen molar-refractivity contribution in [3.05, 3.63) is 24.3 Å². The second kappa shape index (κ2) is 8.15. The Kier molecular flexibility index (Phi) is 6.19. The summed E-state index contributed by atoms with van der Waals surface area (Å²) in [6, 6.07) is 8.49. The molecule has 20 heavy (non-hydrogen) atoms. The van der Waals surface area contributed by atoms with E-state index in [1.165, 1.54) is 38.5 Å². The van der Waals surface area contributed by atoms with Gasteiger partial charge in [-0.15, -0.1) is 0 Å². The van der Waals surface area contributed by atoms with E-state index in [0.29, 0.717) is 0 Å². The summed E-state index contributed by atoms with van der Waals surface area (Å²) < 4.78 is 5.75. The van der Waals surface area contributed by atoms with Crippen LogP contribution in [0.2, 0.25) is 0 Å². The lowest BCUT2D eigenvalue weighted by Crippen LogP contribution is -2.32. The smallest absolute Gasteiger partial charge is 0.142 e. The Balaban J connectivity index is 1.66. The summed E-state index contributed by atoms with van der Waals surface area (Å²) in [6.07, 6.45) is 9.41. The van der Waals surface area contributed by atoms with Crippen molar-refractivity contribution in [1.29, 1.82) is 0 Å². The molecule has 112 valence electrons. The summed E-state index contributed by atoms with van der Waals surface area (Å²) in [5.74, 6) is 0.810. The normalized spacial score (nSPS) is 17.1. The van der Waals surface area contributed by atoms with Crippen LogP contribution >= 0.6 is 0 Å². The minimum atomic E-state index is 0.727. The molecule has 0 radical (unpaired) electrons. The van der Waals surface area contributed by atoms with Gasteiger partial charge in [-0.25, -0.2) is 0 Å². The highest BCUT2D eigenvalue weighted by Crippen LogP contribution is 2.22. The molecule has 1 aliphatic rings. The number of nitrogens with two attached hydrogens (primary N) is 1. The molecular weight excluding hydrogens is 248 g/mol. The van der Waals surface area contributed by atoms with Crippen molar-refractivity contribution in [3.63, 3.8) is 0 Å². The first kappa shape index (κ1) is 15.2. The Hall–Kier alpha value is -1.22. The predicted molar refractivity (Wildman–Crippen MR) is 85.1 cm³/mol. The van der Waals surface area contributed by atoms with Gasteiger partial charge in [-0.05, 0) is 38.4 Å². The fraction of sp³-hybridized carbons (Fsp3) is 0.647. The summed E-state index contributed by atoms with van der Waals surface area (Å²) >= 11 is 0. The topological polar surface area (TPSA) is 38.5 Å². The molecule has 0 aromatic heterocycles. The van der Waals surface area contributed by atoms with Gasteiger partial charge in [0, 0.05) is 12.6 Å². The predicted octanol–water partition coefficient (Wildman–Crippen LogP) is 3.69. The molecule has 0 atom stereocenters. The minimum Gasteiger partial charge on any atom is -0.491 e. The third-order valence-electron chi connectivity index (χ3n) is 4.28. The second-order valence-electron chi connectivity index (χ2n) is 5.87. The lowest BCUT2D eigenvalue weighted by atomic mass is 10.1. The van der Waals surface area contributed by atoms with Crippen molar-refractivity contribution >= 4 is 5.69 Å². The van der Waals surface area contributed by atoms with Crippen molar-refractivity contribution in [3.8, 4) is 5.75 Å². The highest BCUT2D eigenvalue weighted by molar-refractivity contribution is 5.51. The molecule has 0 aliphatic heterocycles. The monoisotopic (exact) mass is 276 g/mol. The molecule has 1 aliphatic carbocycles. The summed E-state index contributed by atoms with van der Waals surface area (Å²) in [4.78, 5) is 2.52. The zero-order valence-electron chi connectivity index (χ0n) is 12.7. The van der Waals surface area contributed by atoms with Gasteiger partial charge in [0.25, 0.3) is 0 Å². The third-order valence-corrected chi connectivity index (χ3v) is 4.28. The Labute approximate surface area is 123 Å². The number of anilines is 1. The Bertz CT molecular complexity index is 386. The number of hydrogen-bond acceptors (Lipinski definition) is 3. The van der Waals surface area contributed by atoms with Gasteiger partial charge < -0.3 is 15.4 Å². The van der Waals surface area contributed by atoms with Crippen LogP contribution in [0, 0.1) is 0 Å². The number of ether oxygens (including phenoxy) is 1.